The highest BCUT2D eigenvalue weighted by Crippen LogP contribution is 2.33. The molecule has 2 aliphatic carbocycles. The van der Waals surface area contributed by atoms with Crippen LogP contribution in [0.15, 0.2) is 11.8 Å². The normalized spacial score (nSPS) is 22.4. The van der Waals surface area contributed by atoms with Gasteiger partial charge in [0, 0.05) is 17.2 Å². The number of aromatic nitrogens is 4. The molecule has 2 saturated carbocycles. The number of imide groups is 1. The van der Waals surface area contributed by atoms with Gasteiger partial charge < -0.3 is 15.7 Å². The fraction of sp³-hybridized carbons (Fsp3) is 0.526. The lowest BCUT2D eigenvalue weighted by Gasteiger charge is -2.28. The van der Waals surface area contributed by atoms with E-state index < -0.39 is 5.54 Å². The van der Waals surface area contributed by atoms with Crippen molar-refractivity contribution in [2.24, 2.45) is 0 Å². The van der Waals surface area contributed by atoms with Gasteiger partial charge in [0.15, 0.2) is 5.65 Å². The Labute approximate surface area is 166 Å². The summed E-state index contributed by atoms with van der Waals surface area (Å²) in [5.41, 5.74) is 1.15. The number of aliphatic hydroxyl groups excluding tert-OH is 1. The van der Waals surface area contributed by atoms with Gasteiger partial charge in [0.25, 0.3) is 5.91 Å². The number of aliphatic hydroxyl groups is 1. The largest absolute Gasteiger partial charge is 0.394 e. The van der Waals surface area contributed by atoms with E-state index in [4.69, 9.17) is 0 Å². The number of anilines is 2. The van der Waals surface area contributed by atoms with Gasteiger partial charge in [-0.1, -0.05) is 12.8 Å². The number of nitrogens with zero attached hydrogens (tertiary/aromatic N) is 4. The predicted molar refractivity (Wildman–Crippen MR) is 105 cm³/mol. The smallest absolute Gasteiger partial charge is 0.254 e. The molecule has 1 aliphatic heterocycles. The highest BCUT2D eigenvalue weighted by Gasteiger charge is 2.34. The quantitative estimate of drug-likeness (QED) is 0.416. The molecule has 0 atom stereocenters. The Bertz CT molecular complexity index is 1020. The Balaban J connectivity index is 1.56. The SMILES string of the molecule is O=C1C/C(=C\c2cnn3c(NC4CC4)nc(NC4(CO)CCCC4)nc23)C(=O)N1. The molecule has 0 unspecified atom stereocenters. The molecule has 2 amide bonds. The number of fused-ring (bicyclic) bond motifs is 1. The minimum Gasteiger partial charge on any atom is -0.394 e. The summed E-state index contributed by atoms with van der Waals surface area (Å²) in [6.07, 6.45) is 9.30. The molecule has 10 nitrogen and oxygen atoms in total. The van der Waals surface area contributed by atoms with Gasteiger partial charge in [-0.25, -0.2) is 0 Å². The van der Waals surface area contributed by atoms with Gasteiger partial charge >= 0.3 is 0 Å². The summed E-state index contributed by atoms with van der Waals surface area (Å²) in [7, 11) is 0. The lowest BCUT2D eigenvalue weighted by Crippen LogP contribution is -2.39. The van der Waals surface area contributed by atoms with Crippen LogP contribution in [-0.4, -0.2) is 54.7 Å². The topological polar surface area (TPSA) is 134 Å². The number of nitrogens with one attached hydrogen (secondary N) is 3. The van der Waals surface area contributed by atoms with Crippen LogP contribution in [-0.2, 0) is 9.59 Å². The van der Waals surface area contributed by atoms with Crippen molar-refractivity contribution in [1.82, 2.24) is 24.9 Å². The van der Waals surface area contributed by atoms with Crippen LogP contribution in [0.25, 0.3) is 11.7 Å². The van der Waals surface area contributed by atoms with E-state index >= 15 is 0 Å². The van der Waals surface area contributed by atoms with E-state index in [-0.39, 0.29) is 24.8 Å². The minimum atomic E-state index is -0.411. The fourth-order valence-corrected chi connectivity index (χ4v) is 3.98. The minimum absolute atomic E-state index is 0.0192. The maximum Gasteiger partial charge on any atom is 0.254 e. The second kappa shape index (κ2) is 6.80. The molecule has 0 radical (unpaired) electrons. The average molecular weight is 397 g/mol. The number of carbonyl (C=O) groups excluding carboxylic acids is 2. The lowest BCUT2D eigenvalue weighted by molar-refractivity contribution is -0.124. The van der Waals surface area contributed by atoms with Gasteiger partial charge in [0.2, 0.25) is 17.8 Å². The molecule has 4 N–H and O–H groups in total. The molecule has 5 rings (SSSR count). The van der Waals surface area contributed by atoms with Crippen molar-refractivity contribution in [1.29, 1.82) is 0 Å². The predicted octanol–water partition coefficient (Wildman–Crippen LogP) is 0.845. The summed E-state index contributed by atoms with van der Waals surface area (Å²) >= 11 is 0. The molecule has 1 saturated heterocycles. The summed E-state index contributed by atoms with van der Waals surface area (Å²) in [6, 6.07) is 0.364. The molecule has 2 aromatic rings. The summed E-state index contributed by atoms with van der Waals surface area (Å²) in [5, 5.41) is 23.3. The molecule has 0 spiro atoms. The average Bonchev–Trinajstić information content (AvgIpc) is 3.09. The van der Waals surface area contributed by atoms with Gasteiger partial charge in [-0.05, 0) is 31.8 Å². The van der Waals surface area contributed by atoms with Gasteiger partial charge in [0.05, 0.1) is 24.8 Å². The first-order valence-corrected chi connectivity index (χ1v) is 10.0. The third kappa shape index (κ3) is 3.44. The number of carbonyl (C=O) groups is 2. The lowest BCUT2D eigenvalue weighted by atomic mass is 9.99. The maximum atomic E-state index is 11.9. The molecule has 3 heterocycles. The van der Waals surface area contributed by atoms with Crippen LogP contribution in [0.1, 0.15) is 50.5 Å². The second-order valence-electron chi connectivity index (χ2n) is 8.12. The Morgan fingerprint density at radius 3 is 2.72 bits per heavy atom. The van der Waals surface area contributed by atoms with E-state index in [1.165, 1.54) is 0 Å². The van der Waals surface area contributed by atoms with Crippen molar-refractivity contribution in [2.75, 3.05) is 17.2 Å². The number of hydrogen-bond donors (Lipinski definition) is 4. The van der Waals surface area contributed by atoms with E-state index in [2.05, 4.69) is 31.0 Å². The number of rotatable bonds is 6. The fourth-order valence-electron chi connectivity index (χ4n) is 3.98. The van der Waals surface area contributed by atoms with Crippen LogP contribution in [0.5, 0.6) is 0 Å². The first-order chi connectivity index (χ1) is 14.0. The zero-order valence-corrected chi connectivity index (χ0v) is 15.9. The van der Waals surface area contributed by atoms with Crippen LogP contribution < -0.4 is 16.0 Å². The Kier molecular flexibility index (Phi) is 4.23. The van der Waals surface area contributed by atoms with Crippen LogP contribution >= 0.6 is 0 Å². The van der Waals surface area contributed by atoms with Crippen LogP contribution in [0.3, 0.4) is 0 Å². The molecule has 29 heavy (non-hydrogen) atoms. The highest BCUT2D eigenvalue weighted by atomic mass is 16.3. The standard InChI is InChI=1S/C19H23N7O3/c27-10-19(5-1-2-6-19)25-17-23-15-12(7-11-8-14(28)22-16(11)29)9-20-26(15)18(24-17)21-13-3-4-13/h7,9,13,27H,1-6,8,10H2,(H,22,28,29)(H2,21,23,24,25)/b11-7+. The zero-order chi connectivity index (χ0) is 20.0. The summed E-state index contributed by atoms with van der Waals surface area (Å²) in [4.78, 5) is 32.7. The van der Waals surface area contributed by atoms with E-state index in [9.17, 15) is 14.7 Å². The Morgan fingerprint density at radius 1 is 1.28 bits per heavy atom. The Morgan fingerprint density at radius 2 is 2.07 bits per heavy atom. The Hall–Kier alpha value is -3.01. The van der Waals surface area contributed by atoms with Crippen molar-refractivity contribution >= 4 is 35.4 Å². The van der Waals surface area contributed by atoms with Gasteiger partial charge in [0.1, 0.15) is 0 Å². The molecular formula is C19H23N7O3. The molecule has 0 bridgehead atoms. The van der Waals surface area contributed by atoms with E-state index in [0.717, 1.165) is 38.5 Å². The molecule has 3 fully saturated rings. The highest BCUT2D eigenvalue weighted by molar-refractivity contribution is 6.15. The summed E-state index contributed by atoms with van der Waals surface area (Å²) in [6.45, 7) is 0.0192. The first-order valence-electron chi connectivity index (χ1n) is 10.0. The van der Waals surface area contributed by atoms with Gasteiger partial charge in [-0.15, -0.1) is 0 Å². The summed E-state index contributed by atoms with van der Waals surface area (Å²) in [5.74, 6) is 0.298. The van der Waals surface area contributed by atoms with Crippen molar-refractivity contribution in [3.63, 3.8) is 0 Å². The third-order valence-corrected chi connectivity index (χ3v) is 5.77. The van der Waals surface area contributed by atoms with Crippen molar-refractivity contribution in [2.45, 2.75) is 56.5 Å². The molecule has 0 aromatic carbocycles. The molecule has 2 aromatic heterocycles. The van der Waals surface area contributed by atoms with Crippen molar-refractivity contribution < 1.29 is 14.7 Å². The van der Waals surface area contributed by atoms with Crippen LogP contribution in [0.4, 0.5) is 11.9 Å². The van der Waals surface area contributed by atoms with Crippen LogP contribution in [0.2, 0.25) is 0 Å². The van der Waals surface area contributed by atoms with Crippen LogP contribution in [0, 0.1) is 0 Å². The second-order valence-corrected chi connectivity index (χ2v) is 8.12. The van der Waals surface area contributed by atoms with Gasteiger partial charge in [-0.2, -0.15) is 19.6 Å². The van der Waals surface area contributed by atoms with E-state index in [1.54, 1.807) is 16.8 Å². The molecule has 152 valence electrons. The molecular weight excluding hydrogens is 374 g/mol. The number of hydrogen-bond acceptors (Lipinski definition) is 8. The van der Waals surface area contributed by atoms with Gasteiger partial charge in [-0.3, -0.25) is 14.9 Å². The molecule has 3 aliphatic rings. The monoisotopic (exact) mass is 397 g/mol. The number of amides is 2. The third-order valence-electron chi connectivity index (χ3n) is 5.77. The first kappa shape index (κ1) is 18.0. The van der Waals surface area contributed by atoms with E-state index in [0.29, 0.717) is 34.7 Å². The van der Waals surface area contributed by atoms with Crippen molar-refractivity contribution in [3.8, 4) is 0 Å². The van der Waals surface area contributed by atoms with Crippen molar-refractivity contribution in [3.05, 3.63) is 17.3 Å². The zero-order valence-electron chi connectivity index (χ0n) is 15.9. The summed E-state index contributed by atoms with van der Waals surface area (Å²) < 4.78 is 1.62. The molecule has 10 heteroatoms. The maximum absolute atomic E-state index is 11.9. The van der Waals surface area contributed by atoms with E-state index in [1.807, 2.05) is 0 Å².